The first-order chi connectivity index (χ1) is 12.0. The highest BCUT2D eigenvalue weighted by atomic mass is 32.1. The molecule has 1 aliphatic rings. The van der Waals surface area contributed by atoms with Crippen molar-refractivity contribution in [1.82, 2.24) is 9.55 Å². The Bertz CT molecular complexity index is 826. The molecular formula is C18H24N2O4S. The number of rotatable bonds is 6. The van der Waals surface area contributed by atoms with Crippen molar-refractivity contribution < 1.29 is 14.3 Å². The minimum atomic E-state index is -0.705. The predicted molar refractivity (Wildman–Crippen MR) is 97.2 cm³/mol. The summed E-state index contributed by atoms with van der Waals surface area (Å²) in [5, 5.41) is 0.684. The first kappa shape index (κ1) is 18.1. The Morgan fingerprint density at radius 3 is 3.04 bits per heavy atom. The molecule has 7 heteroatoms. The molecule has 1 aliphatic carbocycles. The van der Waals surface area contributed by atoms with Crippen LogP contribution in [0.25, 0.3) is 10.2 Å². The monoisotopic (exact) mass is 364 g/mol. The number of aromatic nitrogens is 2. The second-order valence-electron chi connectivity index (χ2n) is 6.53. The quantitative estimate of drug-likeness (QED) is 0.582. The van der Waals surface area contributed by atoms with E-state index in [1.165, 1.54) is 15.8 Å². The second-order valence-corrected chi connectivity index (χ2v) is 7.61. The number of ether oxygens (including phenoxy) is 2. The number of esters is 1. The van der Waals surface area contributed by atoms with Crippen molar-refractivity contribution in [2.45, 2.75) is 46.1 Å². The average Bonchev–Trinajstić information content (AvgIpc) is 2.96. The smallest absolute Gasteiger partial charge is 0.329 e. The lowest BCUT2D eigenvalue weighted by Crippen LogP contribution is -2.30. The van der Waals surface area contributed by atoms with E-state index in [0.29, 0.717) is 24.5 Å². The molecule has 0 radical (unpaired) electrons. The molecule has 0 saturated heterocycles. The number of aryl methyl sites for hydroxylation is 1. The lowest BCUT2D eigenvalue weighted by molar-refractivity contribution is -0.148. The fourth-order valence-electron chi connectivity index (χ4n) is 3.20. The summed E-state index contributed by atoms with van der Waals surface area (Å²) in [5.41, 5.74) is 0.980. The summed E-state index contributed by atoms with van der Waals surface area (Å²) in [4.78, 5) is 31.6. The molecule has 2 aromatic heterocycles. The van der Waals surface area contributed by atoms with E-state index in [-0.39, 0.29) is 12.2 Å². The van der Waals surface area contributed by atoms with E-state index in [1.54, 1.807) is 18.3 Å². The van der Waals surface area contributed by atoms with Crippen LogP contribution in [0.3, 0.4) is 0 Å². The molecule has 0 unspecified atom stereocenters. The number of hydrogen-bond acceptors (Lipinski definition) is 6. The molecule has 0 aliphatic heterocycles. The molecule has 6 nitrogen and oxygen atoms in total. The van der Waals surface area contributed by atoms with Crippen LogP contribution < -0.4 is 5.56 Å². The molecule has 0 amide bonds. The second kappa shape index (κ2) is 7.66. The van der Waals surface area contributed by atoms with Crippen LogP contribution in [-0.4, -0.2) is 35.3 Å². The van der Waals surface area contributed by atoms with E-state index in [9.17, 15) is 9.59 Å². The maximum atomic E-state index is 13.0. The van der Waals surface area contributed by atoms with Gasteiger partial charge in [-0.2, -0.15) is 0 Å². The zero-order valence-corrected chi connectivity index (χ0v) is 15.7. The van der Waals surface area contributed by atoms with Crippen molar-refractivity contribution in [2.24, 2.45) is 5.92 Å². The summed E-state index contributed by atoms with van der Waals surface area (Å²) in [6.45, 7) is 6.91. The van der Waals surface area contributed by atoms with Crippen molar-refractivity contribution in [3.63, 3.8) is 0 Å². The fraction of sp³-hybridized carbons (Fsp3) is 0.611. The van der Waals surface area contributed by atoms with Gasteiger partial charge in [-0.15, -0.1) is 11.3 Å². The molecule has 0 fully saturated rings. The molecule has 0 saturated carbocycles. The predicted octanol–water partition coefficient (Wildman–Crippen LogP) is 2.72. The molecule has 136 valence electrons. The molecule has 0 spiro atoms. The maximum Gasteiger partial charge on any atom is 0.329 e. The van der Waals surface area contributed by atoms with E-state index >= 15 is 0 Å². The summed E-state index contributed by atoms with van der Waals surface area (Å²) < 4.78 is 11.7. The highest BCUT2D eigenvalue weighted by Gasteiger charge is 2.25. The van der Waals surface area contributed by atoms with Gasteiger partial charge in [0.2, 0.25) is 0 Å². The molecule has 0 bridgehead atoms. The summed E-state index contributed by atoms with van der Waals surface area (Å²) in [6.07, 6.45) is 4.46. The van der Waals surface area contributed by atoms with Gasteiger partial charge < -0.3 is 9.47 Å². The van der Waals surface area contributed by atoms with Gasteiger partial charge in [0.25, 0.3) is 5.56 Å². The van der Waals surface area contributed by atoms with Gasteiger partial charge in [0.15, 0.2) is 0 Å². The Balaban J connectivity index is 1.86. The van der Waals surface area contributed by atoms with E-state index in [2.05, 4.69) is 11.9 Å². The molecule has 2 aromatic rings. The van der Waals surface area contributed by atoms with Crippen molar-refractivity contribution in [3.8, 4) is 0 Å². The zero-order valence-electron chi connectivity index (χ0n) is 14.9. The van der Waals surface area contributed by atoms with E-state index in [0.717, 1.165) is 29.7 Å². The fourth-order valence-corrected chi connectivity index (χ4v) is 4.54. The number of fused-ring (bicyclic) bond motifs is 3. The molecule has 2 heterocycles. The zero-order chi connectivity index (χ0) is 18.0. The Morgan fingerprint density at radius 2 is 2.28 bits per heavy atom. The lowest BCUT2D eigenvalue weighted by Gasteiger charge is -2.18. The number of carbonyl (C=O) groups excluding carboxylic acids is 1. The van der Waals surface area contributed by atoms with Crippen LogP contribution in [0.4, 0.5) is 0 Å². The van der Waals surface area contributed by atoms with Gasteiger partial charge >= 0.3 is 5.97 Å². The SMILES string of the molecule is CCOCCOC(=O)[C@@H](C)n1cnc2sc3c(c2c1=O)CC[C@@H](C)C3. The van der Waals surface area contributed by atoms with Gasteiger partial charge in [-0.05, 0) is 44.6 Å². The lowest BCUT2D eigenvalue weighted by atomic mass is 9.89. The first-order valence-electron chi connectivity index (χ1n) is 8.78. The number of carbonyl (C=O) groups is 1. The van der Waals surface area contributed by atoms with Crippen LogP contribution in [0.15, 0.2) is 11.1 Å². The van der Waals surface area contributed by atoms with Gasteiger partial charge in [-0.25, -0.2) is 9.78 Å². The Labute approximate surface area is 150 Å². The number of hydrogen-bond donors (Lipinski definition) is 0. The minimum Gasteiger partial charge on any atom is -0.462 e. The van der Waals surface area contributed by atoms with Crippen LogP contribution in [0, 0.1) is 5.92 Å². The standard InChI is InChI=1S/C18H24N2O4S/c1-4-23-7-8-24-18(22)12(3)20-10-19-16-15(17(20)21)13-6-5-11(2)9-14(13)25-16/h10-12H,4-9H2,1-3H3/t11-,12-/m1/s1. The molecular weight excluding hydrogens is 340 g/mol. The summed E-state index contributed by atoms with van der Waals surface area (Å²) in [7, 11) is 0. The minimum absolute atomic E-state index is 0.147. The molecule has 3 rings (SSSR count). The van der Waals surface area contributed by atoms with Crippen LogP contribution in [0.5, 0.6) is 0 Å². The third kappa shape index (κ3) is 3.62. The van der Waals surface area contributed by atoms with Gasteiger partial charge in [0.1, 0.15) is 17.5 Å². The third-order valence-electron chi connectivity index (χ3n) is 4.68. The molecule has 2 atom stereocenters. The highest BCUT2D eigenvalue weighted by molar-refractivity contribution is 7.18. The maximum absolute atomic E-state index is 13.0. The summed E-state index contributed by atoms with van der Waals surface area (Å²) in [5.74, 6) is 0.197. The number of thiophene rings is 1. The normalized spacial score (nSPS) is 18.1. The van der Waals surface area contributed by atoms with Crippen molar-refractivity contribution in [3.05, 3.63) is 27.1 Å². The van der Waals surface area contributed by atoms with Crippen molar-refractivity contribution in [2.75, 3.05) is 19.8 Å². The topological polar surface area (TPSA) is 70.4 Å². The van der Waals surface area contributed by atoms with Crippen molar-refractivity contribution >= 4 is 27.5 Å². The largest absolute Gasteiger partial charge is 0.462 e. The number of nitrogens with zero attached hydrogens (tertiary/aromatic N) is 2. The molecule has 0 aromatic carbocycles. The first-order valence-corrected chi connectivity index (χ1v) is 9.60. The van der Waals surface area contributed by atoms with Crippen LogP contribution in [0.2, 0.25) is 0 Å². The van der Waals surface area contributed by atoms with Gasteiger partial charge in [-0.3, -0.25) is 9.36 Å². The highest BCUT2D eigenvalue weighted by Crippen LogP contribution is 2.35. The van der Waals surface area contributed by atoms with Crippen LogP contribution in [0.1, 0.15) is 43.7 Å². The van der Waals surface area contributed by atoms with Crippen LogP contribution in [-0.2, 0) is 27.1 Å². The van der Waals surface area contributed by atoms with Gasteiger partial charge in [0, 0.05) is 11.5 Å². The van der Waals surface area contributed by atoms with Gasteiger partial charge in [-0.1, -0.05) is 6.92 Å². The van der Waals surface area contributed by atoms with E-state index < -0.39 is 12.0 Å². The third-order valence-corrected chi connectivity index (χ3v) is 5.84. The molecule has 25 heavy (non-hydrogen) atoms. The summed E-state index contributed by atoms with van der Waals surface area (Å²) in [6, 6.07) is -0.705. The Hall–Kier alpha value is -1.73. The molecule has 0 N–H and O–H groups in total. The Morgan fingerprint density at radius 1 is 1.48 bits per heavy atom. The van der Waals surface area contributed by atoms with Gasteiger partial charge in [0.05, 0.1) is 18.3 Å². The van der Waals surface area contributed by atoms with Crippen LogP contribution >= 0.6 is 11.3 Å². The van der Waals surface area contributed by atoms with Crippen molar-refractivity contribution in [1.29, 1.82) is 0 Å². The Kier molecular flexibility index (Phi) is 5.54. The summed E-state index contributed by atoms with van der Waals surface area (Å²) >= 11 is 1.61. The average molecular weight is 364 g/mol. The van der Waals surface area contributed by atoms with E-state index in [1.807, 2.05) is 6.92 Å². The van der Waals surface area contributed by atoms with E-state index in [4.69, 9.17) is 9.47 Å².